The van der Waals surface area contributed by atoms with Crippen LogP contribution in [0.25, 0.3) is 10.9 Å². The number of hydrogen-bond acceptors (Lipinski definition) is 5. The summed E-state index contributed by atoms with van der Waals surface area (Å²) in [6.45, 7) is 1.97. The lowest BCUT2D eigenvalue weighted by Crippen LogP contribution is -2.16. The van der Waals surface area contributed by atoms with Gasteiger partial charge in [-0.1, -0.05) is 41.9 Å². The van der Waals surface area contributed by atoms with Crippen LogP contribution in [-0.4, -0.2) is 20.9 Å². The third-order valence-electron chi connectivity index (χ3n) is 4.69. The zero-order chi connectivity index (χ0) is 21.1. The van der Waals surface area contributed by atoms with Crippen LogP contribution < -0.4 is 10.9 Å². The van der Waals surface area contributed by atoms with Crippen molar-refractivity contribution in [1.82, 2.24) is 15.0 Å². The Morgan fingerprint density at radius 2 is 2.03 bits per heavy atom. The van der Waals surface area contributed by atoms with Crippen LogP contribution in [0.3, 0.4) is 0 Å². The molecule has 6 nitrogen and oxygen atoms in total. The lowest BCUT2D eigenvalue weighted by Gasteiger charge is -2.05. The number of para-hydroxylation sites is 1. The van der Waals surface area contributed by atoms with Gasteiger partial charge in [0.1, 0.15) is 5.82 Å². The van der Waals surface area contributed by atoms with E-state index in [0.29, 0.717) is 34.7 Å². The molecule has 2 N–H and O–H groups in total. The van der Waals surface area contributed by atoms with E-state index in [2.05, 4.69) is 20.3 Å². The second kappa shape index (κ2) is 8.77. The number of benzene rings is 2. The van der Waals surface area contributed by atoms with E-state index in [1.807, 2.05) is 31.2 Å². The molecule has 4 rings (SSSR count). The van der Waals surface area contributed by atoms with Crippen molar-refractivity contribution in [2.24, 2.45) is 0 Å². The highest BCUT2D eigenvalue weighted by Gasteiger charge is 2.11. The van der Waals surface area contributed by atoms with Gasteiger partial charge in [-0.05, 0) is 30.2 Å². The Morgan fingerprint density at radius 3 is 2.90 bits per heavy atom. The average Bonchev–Trinajstić information content (AvgIpc) is 3.17. The summed E-state index contributed by atoms with van der Waals surface area (Å²) in [6.07, 6.45) is 2.94. The number of carbonyl (C=O) groups is 1. The number of rotatable bonds is 6. The number of nitrogens with zero attached hydrogens (tertiary/aromatic N) is 2. The number of aromatic nitrogens is 3. The van der Waals surface area contributed by atoms with Gasteiger partial charge in [0.05, 0.1) is 10.9 Å². The molecule has 2 heterocycles. The van der Waals surface area contributed by atoms with E-state index in [1.165, 1.54) is 11.3 Å². The lowest BCUT2D eigenvalue weighted by atomic mass is 10.1. The maximum absolute atomic E-state index is 12.3. The fourth-order valence-electron chi connectivity index (χ4n) is 3.15. The van der Waals surface area contributed by atoms with Crippen LogP contribution in [0.15, 0.2) is 53.5 Å². The van der Waals surface area contributed by atoms with Crippen LogP contribution in [-0.2, 0) is 17.6 Å². The first-order valence-electron chi connectivity index (χ1n) is 9.46. The molecule has 0 unspecified atom stereocenters. The molecule has 152 valence electrons. The largest absolute Gasteiger partial charge is 0.310 e. The SMILES string of the molecule is Cc1cccc(Cc2cnc(NC(=O)CCc3nc4ccccc4c(=O)[nH]3)s2)c1Cl. The van der Waals surface area contributed by atoms with Crippen LogP contribution in [0.5, 0.6) is 0 Å². The normalized spacial score (nSPS) is 11.0. The molecule has 0 radical (unpaired) electrons. The molecule has 0 bridgehead atoms. The fourth-order valence-corrected chi connectivity index (χ4v) is 4.19. The van der Waals surface area contributed by atoms with Gasteiger partial charge >= 0.3 is 0 Å². The Morgan fingerprint density at radius 1 is 1.20 bits per heavy atom. The van der Waals surface area contributed by atoms with Gasteiger partial charge in [-0.2, -0.15) is 0 Å². The standard InChI is InChI=1S/C22H19ClN4O2S/c1-13-5-4-6-14(20(13)23)11-15-12-24-22(30-15)27-19(28)10-9-18-25-17-8-3-2-7-16(17)21(29)26-18/h2-8,12H,9-11H2,1H3,(H,24,27,28)(H,25,26,29). The predicted octanol–water partition coefficient (Wildman–Crippen LogP) is 4.50. The Bertz CT molecular complexity index is 1280. The summed E-state index contributed by atoms with van der Waals surface area (Å²) in [5.41, 5.74) is 2.49. The minimum absolute atomic E-state index is 0.180. The van der Waals surface area contributed by atoms with Crippen LogP contribution in [0, 0.1) is 6.92 Å². The third-order valence-corrected chi connectivity index (χ3v) is 6.14. The number of halogens is 1. The maximum Gasteiger partial charge on any atom is 0.258 e. The number of aryl methyl sites for hydroxylation is 2. The third kappa shape index (κ3) is 4.58. The van der Waals surface area contributed by atoms with Gasteiger partial charge in [-0.25, -0.2) is 9.97 Å². The molecule has 0 saturated heterocycles. The molecule has 2 aromatic heterocycles. The molecule has 0 aliphatic rings. The predicted molar refractivity (Wildman–Crippen MR) is 120 cm³/mol. The number of anilines is 1. The zero-order valence-electron chi connectivity index (χ0n) is 16.2. The topological polar surface area (TPSA) is 87.7 Å². The van der Waals surface area contributed by atoms with Gasteiger partial charge < -0.3 is 10.3 Å². The molecule has 1 amide bonds. The van der Waals surface area contributed by atoms with Gasteiger partial charge in [-0.3, -0.25) is 9.59 Å². The minimum Gasteiger partial charge on any atom is -0.310 e. The monoisotopic (exact) mass is 438 g/mol. The van der Waals surface area contributed by atoms with E-state index in [1.54, 1.807) is 24.4 Å². The van der Waals surface area contributed by atoms with E-state index < -0.39 is 0 Å². The highest BCUT2D eigenvalue weighted by Crippen LogP contribution is 2.26. The van der Waals surface area contributed by atoms with Crippen molar-refractivity contribution < 1.29 is 4.79 Å². The molecule has 0 aliphatic carbocycles. The summed E-state index contributed by atoms with van der Waals surface area (Å²) >= 11 is 7.79. The van der Waals surface area contributed by atoms with Crippen LogP contribution in [0.4, 0.5) is 5.13 Å². The Balaban J connectivity index is 1.37. The highest BCUT2D eigenvalue weighted by atomic mass is 35.5. The minimum atomic E-state index is -0.199. The summed E-state index contributed by atoms with van der Waals surface area (Å²) in [5, 5.41) is 4.65. The number of H-pyrrole nitrogens is 1. The number of aromatic amines is 1. The van der Waals surface area contributed by atoms with Crippen molar-refractivity contribution >= 4 is 44.9 Å². The molecule has 8 heteroatoms. The lowest BCUT2D eigenvalue weighted by molar-refractivity contribution is -0.116. The number of carbonyl (C=O) groups excluding carboxylic acids is 1. The highest BCUT2D eigenvalue weighted by molar-refractivity contribution is 7.15. The summed E-state index contributed by atoms with van der Waals surface area (Å²) in [6, 6.07) is 13.1. The average molecular weight is 439 g/mol. The first-order chi connectivity index (χ1) is 14.5. The quantitative estimate of drug-likeness (QED) is 0.463. The summed E-state index contributed by atoms with van der Waals surface area (Å²) in [5.74, 6) is 0.308. The summed E-state index contributed by atoms with van der Waals surface area (Å²) in [4.78, 5) is 36.9. The van der Waals surface area contributed by atoms with Crippen molar-refractivity contribution in [2.75, 3.05) is 5.32 Å². The van der Waals surface area contributed by atoms with Crippen molar-refractivity contribution in [3.8, 4) is 0 Å². The van der Waals surface area contributed by atoms with E-state index in [0.717, 1.165) is 21.0 Å². The van der Waals surface area contributed by atoms with E-state index >= 15 is 0 Å². The summed E-state index contributed by atoms with van der Waals surface area (Å²) < 4.78 is 0. The van der Waals surface area contributed by atoms with Crippen molar-refractivity contribution in [1.29, 1.82) is 0 Å². The van der Waals surface area contributed by atoms with Gasteiger partial charge in [0.25, 0.3) is 5.56 Å². The zero-order valence-corrected chi connectivity index (χ0v) is 17.8. The molecule has 30 heavy (non-hydrogen) atoms. The van der Waals surface area contributed by atoms with Crippen LogP contribution in [0.1, 0.15) is 28.2 Å². The number of fused-ring (bicyclic) bond motifs is 1. The number of amides is 1. The molecular weight excluding hydrogens is 420 g/mol. The maximum atomic E-state index is 12.3. The fraction of sp³-hybridized carbons (Fsp3) is 0.182. The molecule has 0 atom stereocenters. The van der Waals surface area contributed by atoms with Crippen molar-refractivity contribution in [2.45, 2.75) is 26.2 Å². The number of thiazole rings is 1. The molecule has 2 aromatic carbocycles. The van der Waals surface area contributed by atoms with Crippen molar-refractivity contribution in [3.63, 3.8) is 0 Å². The van der Waals surface area contributed by atoms with E-state index in [4.69, 9.17) is 11.6 Å². The molecule has 0 spiro atoms. The molecule has 0 fully saturated rings. The second-order valence-corrected chi connectivity index (χ2v) is 8.43. The number of hydrogen-bond donors (Lipinski definition) is 2. The van der Waals surface area contributed by atoms with Gasteiger partial charge in [-0.15, -0.1) is 11.3 Å². The van der Waals surface area contributed by atoms with Gasteiger partial charge in [0, 0.05) is 35.4 Å². The van der Waals surface area contributed by atoms with E-state index in [-0.39, 0.29) is 17.9 Å². The van der Waals surface area contributed by atoms with Crippen LogP contribution in [0.2, 0.25) is 5.02 Å². The molecular formula is C22H19ClN4O2S. The Hall–Kier alpha value is -3.03. The molecule has 4 aromatic rings. The van der Waals surface area contributed by atoms with Crippen molar-refractivity contribution in [3.05, 3.63) is 85.9 Å². The number of nitrogens with one attached hydrogen (secondary N) is 2. The molecule has 0 aliphatic heterocycles. The van der Waals surface area contributed by atoms with E-state index in [9.17, 15) is 9.59 Å². The molecule has 0 saturated carbocycles. The van der Waals surface area contributed by atoms with Gasteiger partial charge in [0.15, 0.2) is 5.13 Å². The Labute approximate surface area is 182 Å². The first kappa shape index (κ1) is 20.3. The van der Waals surface area contributed by atoms with Gasteiger partial charge in [0.2, 0.25) is 5.91 Å². The first-order valence-corrected chi connectivity index (χ1v) is 10.7. The Kier molecular flexibility index (Phi) is 5.92. The second-order valence-electron chi connectivity index (χ2n) is 6.93. The van der Waals surface area contributed by atoms with Crippen LogP contribution >= 0.6 is 22.9 Å². The smallest absolute Gasteiger partial charge is 0.258 e. The summed E-state index contributed by atoms with van der Waals surface area (Å²) in [7, 11) is 0.